The van der Waals surface area contributed by atoms with E-state index >= 15 is 0 Å². The topological polar surface area (TPSA) is 76.2 Å². The Morgan fingerprint density at radius 3 is 2.44 bits per heavy atom. The van der Waals surface area contributed by atoms with Gasteiger partial charge in [0.1, 0.15) is 5.41 Å². The van der Waals surface area contributed by atoms with Gasteiger partial charge in [0.05, 0.1) is 25.9 Å². The fraction of sp³-hybridized carbons (Fsp3) is 0.607. The monoisotopic (exact) mass is 514 g/mol. The number of thioether (sulfide) groups is 1. The lowest BCUT2D eigenvalue weighted by atomic mass is 9.65. The van der Waals surface area contributed by atoms with Gasteiger partial charge in [0.25, 0.3) is 0 Å². The molecule has 3 aliphatic rings. The molecule has 0 bridgehead atoms. The van der Waals surface area contributed by atoms with Gasteiger partial charge in [-0.25, -0.2) is 0 Å². The molecular formula is C28H38N2O5S. The van der Waals surface area contributed by atoms with Gasteiger partial charge in [0, 0.05) is 42.6 Å². The van der Waals surface area contributed by atoms with Crippen LogP contribution in [0.2, 0.25) is 0 Å². The van der Waals surface area contributed by atoms with Crippen LogP contribution in [0, 0.1) is 16.7 Å². The lowest BCUT2D eigenvalue weighted by Crippen LogP contribution is -2.61. The number of ether oxygens (including phenoxy) is 2. The predicted octanol–water partition coefficient (Wildman–Crippen LogP) is 3.88. The lowest BCUT2D eigenvalue weighted by molar-refractivity contribution is -0.180. The van der Waals surface area contributed by atoms with Crippen molar-refractivity contribution in [3.05, 3.63) is 47.7 Å². The highest BCUT2D eigenvalue weighted by atomic mass is 32.2. The largest absolute Gasteiger partial charge is 0.468 e. The number of esters is 1. The molecule has 0 aliphatic carbocycles. The summed E-state index contributed by atoms with van der Waals surface area (Å²) in [5.41, 5.74) is 0.198. The SMILES string of the molecule is COC(=O)[C@]12C[C@H](CC(=O)N3CCSCC3)C(=O)N(Cc3ccccc3)C1=C[C@H](C(C)(C)C)O[C@@H]2C. The molecule has 0 aromatic heterocycles. The fourth-order valence-corrected chi connectivity index (χ4v) is 6.43. The maximum atomic E-state index is 14.0. The van der Waals surface area contributed by atoms with Crippen molar-refractivity contribution in [2.75, 3.05) is 31.7 Å². The Bertz CT molecular complexity index is 1010. The highest BCUT2D eigenvalue weighted by molar-refractivity contribution is 7.99. The van der Waals surface area contributed by atoms with Crippen molar-refractivity contribution < 1.29 is 23.9 Å². The molecule has 2 saturated heterocycles. The van der Waals surface area contributed by atoms with Gasteiger partial charge < -0.3 is 19.3 Å². The number of hydrogen-bond acceptors (Lipinski definition) is 6. The van der Waals surface area contributed by atoms with Gasteiger partial charge >= 0.3 is 5.97 Å². The van der Waals surface area contributed by atoms with Crippen LogP contribution >= 0.6 is 11.8 Å². The first-order chi connectivity index (χ1) is 17.1. The number of amides is 2. The summed E-state index contributed by atoms with van der Waals surface area (Å²) < 4.78 is 11.8. The Morgan fingerprint density at radius 1 is 1.17 bits per heavy atom. The Balaban J connectivity index is 1.77. The minimum Gasteiger partial charge on any atom is -0.468 e. The Kier molecular flexibility index (Phi) is 7.86. The summed E-state index contributed by atoms with van der Waals surface area (Å²) in [6.45, 7) is 9.83. The van der Waals surface area contributed by atoms with Gasteiger partial charge in [0.2, 0.25) is 11.8 Å². The molecule has 8 heteroatoms. The van der Waals surface area contributed by atoms with Gasteiger partial charge in [-0.15, -0.1) is 0 Å². The van der Waals surface area contributed by atoms with E-state index in [1.54, 1.807) is 4.90 Å². The highest BCUT2D eigenvalue weighted by Crippen LogP contribution is 2.52. The van der Waals surface area contributed by atoms with Crippen molar-refractivity contribution in [3.8, 4) is 0 Å². The molecule has 196 valence electrons. The quantitative estimate of drug-likeness (QED) is 0.555. The van der Waals surface area contributed by atoms with Crippen molar-refractivity contribution in [1.82, 2.24) is 9.80 Å². The van der Waals surface area contributed by atoms with E-state index in [0.29, 0.717) is 25.3 Å². The van der Waals surface area contributed by atoms with E-state index in [9.17, 15) is 14.4 Å². The van der Waals surface area contributed by atoms with Crippen LogP contribution in [-0.2, 0) is 30.4 Å². The molecule has 3 aliphatic heterocycles. The van der Waals surface area contributed by atoms with E-state index in [1.807, 2.05) is 60.0 Å². The molecule has 0 spiro atoms. The number of methoxy groups -OCH3 is 1. The maximum Gasteiger partial charge on any atom is 0.320 e. The second-order valence-electron chi connectivity index (χ2n) is 11.1. The van der Waals surface area contributed by atoms with E-state index in [2.05, 4.69) is 20.8 Å². The Hall–Kier alpha value is -2.32. The summed E-state index contributed by atoms with van der Waals surface area (Å²) in [6, 6.07) is 9.75. The molecule has 1 aromatic carbocycles. The normalized spacial score (nSPS) is 28.9. The van der Waals surface area contributed by atoms with Gasteiger partial charge in [-0.1, -0.05) is 51.1 Å². The van der Waals surface area contributed by atoms with Crippen LogP contribution in [0.15, 0.2) is 42.1 Å². The van der Waals surface area contributed by atoms with Crippen molar-refractivity contribution in [2.24, 2.45) is 16.7 Å². The molecule has 4 atom stereocenters. The molecule has 0 N–H and O–H groups in total. The van der Waals surface area contributed by atoms with Gasteiger partial charge in [-0.2, -0.15) is 11.8 Å². The second-order valence-corrected chi connectivity index (χ2v) is 12.3. The summed E-state index contributed by atoms with van der Waals surface area (Å²) in [5, 5.41) is 0. The molecule has 2 fully saturated rings. The maximum absolute atomic E-state index is 14.0. The first-order valence-electron chi connectivity index (χ1n) is 12.7. The number of rotatable bonds is 5. The molecule has 1 aromatic rings. The van der Waals surface area contributed by atoms with Gasteiger partial charge in [0.15, 0.2) is 0 Å². The van der Waals surface area contributed by atoms with Crippen LogP contribution in [-0.4, -0.2) is 71.5 Å². The first kappa shape index (κ1) is 26.7. The Labute approximate surface area is 218 Å². The molecule has 3 heterocycles. The summed E-state index contributed by atoms with van der Waals surface area (Å²) in [4.78, 5) is 44.4. The molecule has 7 nitrogen and oxygen atoms in total. The lowest BCUT2D eigenvalue weighted by Gasteiger charge is -2.53. The summed E-state index contributed by atoms with van der Waals surface area (Å²) in [5.74, 6) is 0.601. The number of carbonyl (C=O) groups is 3. The van der Waals surface area contributed by atoms with E-state index in [0.717, 1.165) is 17.1 Å². The van der Waals surface area contributed by atoms with Gasteiger partial charge in [-0.3, -0.25) is 14.4 Å². The predicted molar refractivity (Wildman–Crippen MR) is 140 cm³/mol. The van der Waals surface area contributed by atoms with Crippen LogP contribution in [0.5, 0.6) is 0 Å². The zero-order valence-corrected chi connectivity index (χ0v) is 22.8. The van der Waals surface area contributed by atoms with E-state index in [1.165, 1.54) is 7.11 Å². The summed E-state index contributed by atoms with van der Waals surface area (Å²) in [6.07, 6.45) is 1.41. The number of fused-ring (bicyclic) bond motifs is 1. The molecule has 2 amide bonds. The smallest absolute Gasteiger partial charge is 0.320 e. The molecule has 36 heavy (non-hydrogen) atoms. The van der Waals surface area contributed by atoms with Crippen molar-refractivity contribution in [1.29, 1.82) is 0 Å². The number of benzene rings is 1. The number of nitrogens with zero attached hydrogens (tertiary/aromatic N) is 2. The summed E-state index contributed by atoms with van der Waals surface area (Å²) >= 11 is 1.83. The van der Waals surface area contributed by atoms with Crippen LogP contribution in [0.1, 0.15) is 46.1 Å². The van der Waals surface area contributed by atoms with Gasteiger partial charge in [-0.05, 0) is 30.4 Å². The third kappa shape index (κ3) is 5.07. The zero-order valence-electron chi connectivity index (χ0n) is 22.0. The minimum atomic E-state index is -1.16. The summed E-state index contributed by atoms with van der Waals surface area (Å²) in [7, 11) is 1.38. The van der Waals surface area contributed by atoms with Crippen molar-refractivity contribution >= 4 is 29.5 Å². The molecule has 0 unspecified atom stereocenters. The molecule has 0 radical (unpaired) electrons. The second kappa shape index (κ2) is 10.6. The average Bonchev–Trinajstić information content (AvgIpc) is 2.86. The van der Waals surface area contributed by atoms with Crippen molar-refractivity contribution in [2.45, 2.75) is 59.3 Å². The average molecular weight is 515 g/mol. The minimum absolute atomic E-state index is 0.0299. The highest BCUT2D eigenvalue weighted by Gasteiger charge is 2.60. The fourth-order valence-electron chi connectivity index (χ4n) is 5.52. The van der Waals surface area contributed by atoms with E-state index < -0.39 is 23.4 Å². The molecule has 4 rings (SSSR count). The Morgan fingerprint density at radius 2 is 1.83 bits per heavy atom. The number of hydrogen-bond donors (Lipinski definition) is 0. The molecule has 0 saturated carbocycles. The van der Waals surface area contributed by atoms with Crippen molar-refractivity contribution in [3.63, 3.8) is 0 Å². The van der Waals surface area contributed by atoms with Crippen LogP contribution < -0.4 is 0 Å². The van der Waals surface area contributed by atoms with E-state index in [4.69, 9.17) is 9.47 Å². The van der Waals surface area contributed by atoms with Crippen LogP contribution in [0.3, 0.4) is 0 Å². The first-order valence-corrected chi connectivity index (χ1v) is 13.9. The number of likely N-dealkylation sites (tertiary alicyclic amines) is 1. The third-order valence-electron chi connectivity index (χ3n) is 7.66. The third-order valence-corrected chi connectivity index (χ3v) is 8.60. The standard InChI is InChI=1S/C28H38N2O5S/c1-19-28(26(33)34-5)17-21(15-24(31)29-11-13-36-14-12-29)25(32)30(18-20-9-7-6-8-10-20)22(28)16-23(35-19)27(2,3)4/h6-10,16,19,21,23H,11-15,17-18H2,1-5H3/t19-,21+,23-,28+/m1/s1. The van der Waals surface area contributed by atoms with E-state index in [-0.39, 0.29) is 36.2 Å². The molecular weight excluding hydrogens is 476 g/mol. The van der Waals surface area contributed by atoms with Crippen LogP contribution in [0.4, 0.5) is 0 Å². The van der Waals surface area contributed by atoms with Crippen LogP contribution in [0.25, 0.3) is 0 Å². The zero-order chi connectivity index (χ0) is 26.1. The number of piperidine rings is 1. The number of carbonyl (C=O) groups excluding carboxylic acids is 3.